The van der Waals surface area contributed by atoms with Crippen LogP contribution in [0.4, 0.5) is 5.82 Å². The second kappa shape index (κ2) is 6.29. The van der Waals surface area contributed by atoms with Crippen LogP contribution in [0.25, 0.3) is 21.7 Å². The standard InChI is InChI=1S/C17H16Cl2N2O/c1-2-12(9-22)20-17-15-7-10(18)3-5-13(15)14-6-4-11(19)8-16(14)21-17/h3-8,12,22H,2,9H2,1H3,(H,20,21). The van der Waals surface area contributed by atoms with Crippen LogP contribution >= 0.6 is 23.2 Å². The van der Waals surface area contributed by atoms with Gasteiger partial charge in [-0.25, -0.2) is 4.98 Å². The van der Waals surface area contributed by atoms with Crippen molar-refractivity contribution in [1.29, 1.82) is 0 Å². The summed E-state index contributed by atoms with van der Waals surface area (Å²) in [4.78, 5) is 4.68. The van der Waals surface area contributed by atoms with E-state index in [0.717, 1.165) is 28.1 Å². The van der Waals surface area contributed by atoms with Crippen molar-refractivity contribution < 1.29 is 5.11 Å². The third kappa shape index (κ3) is 2.84. The molecule has 3 aromatic rings. The molecule has 0 spiro atoms. The van der Waals surface area contributed by atoms with E-state index in [1.807, 2.05) is 43.3 Å². The molecule has 1 aromatic heterocycles. The Bertz CT molecular complexity index is 832. The van der Waals surface area contributed by atoms with E-state index in [2.05, 4.69) is 10.3 Å². The number of anilines is 1. The molecule has 0 bridgehead atoms. The number of rotatable bonds is 4. The average molecular weight is 335 g/mol. The maximum atomic E-state index is 9.43. The number of aliphatic hydroxyl groups excluding tert-OH is 1. The Morgan fingerprint density at radius 3 is 2.41 bits per heavy atom. The number of nitrogens with one attached hydrogen (secondary N) is 1. The van der Waals surface area contributed by atoms with Gasteiger partial charge in [-0.05, 0) is 36.1 Å². The van der Waals surface area contributed by atoms with Gasteiger partial charge in [0.2, 0.25) is 0 Å². The Hall–Kier alpha value is -1.55. The Kier molecular flexibility index (Phi) is 4.39. The summed E-state index contributed by atoms with van der Waals surface area (Å²) in [6.45, 7) is 2.06. The van der Waals surface area contributed by atoms with E-state index >= 15 is 0 Å². The van der Waals surface area contributed by atoms with Crippen LogP contribution in [0, 0.1) is 0 Å². The zero-order valence-corrected chi connectivity index (χ0v) is 13.6. The van der Waals surface area contributed by atoms with Gasteiger partial charge in [0.25, 0.3) is 0 Å². The Balaban J connectivity index is 2.29. The van der Waals surface area contributed by atoms with Crippen LogP contribution in [-0.2, 0) is 0 Å². The van der Waals surface area contributed by atoms with Gasteiger partial charge in [0, 0.05) is 20.8 Å². The summed E-state index contributed by atoms with van der Waals surface area (Å²) in [5.41, 5.74) is 0.817. The van der Waals surface area contributed by atoms with Crippen molar-refractivity contribution in [2.45, 2.75) is 19.4 Å². The van der Waals surface area contributed by atoms with Crippen LogP contribution in [0.1, 0.15) is 13.3 Å². The molecule has 0 aliphatic carbocycles. The van der Waals surface area contributed by atoms with Gasteiger partial charge < -0.3 is 10.4 Å². The third-order valence-corrected chi connectivity index (χ3v) is 4.24. The number of halogens is 2. The lowest BCUT2D eigenvalue weighted by Gasteiger charge is -2.17. The van der Waals surface area contributed by atoms with Crippen molar-refractivity contribution in [1.82, 2.24) is 4.98 Å². The topological polar surface area (TPSA) is 45.1 Å². The van der Waals surface area contributed by atoms with Crippen molar-refractivity contribution in [2.75, 3.05) is 11.9 Å². The third-order valence-electron chi connectivity index (χ3n) is 3.77. The minimum Gasteiger partial charge on any atom is -0.394 e. The lowest BCUT2D eigenvalue weighted by atomic mass is 10.1. The molecule has 0 amide bonds. The SMILES string of the molecule is CCC(CO)Nc1nc2cc(Cl)ccc2c2ccc(Cl)cc12. The molecule has 114 valence electrons. The lowest BCUT2D eigenvalue weighted by Crippen LogP contribution is -2.23. The van der Waals surface area contributed by atoms with E-state index in [0.29, 0.717) is 15.9 Å². The van der Waals surface area contributed by atoms with E-state index in [9.17, 15) is 5.11 Å². The fourth-order valence-corrected chi connectivity index (χ4v) is 2.87. The second-order valence-electron chi connectivity index (χ2n) is 5.24. The summed E-state index contributed by atoms with van der Waals surface area (Å²) >= 11 is 12.2. The average Bonchev–Trinajstić information content (AvgIpc) is 2.52. The van der Waals surface area contributed by atoms with Crippen LogP contribution in [0.2, 0.25) is 10.0 Å². The highest BCUT2D eigenvalue weighted by Gasteiger charge is 2.12. The molecule has 3 rings (SSSR count). The molecule has 1 heterocycles. The quantitative estimate of drug-likeness (QED) is 0.668. The van der Waals surface area contributed by atoms with Gasteiger partial charge >= 0.3 is 0 Å². The first kappa shape index (κ1) is 15.3. The largest absolute Gasteiger partial charge is 0.394 e. The van der Waals surface area contributed by atoms with Crippen molar-refractivity contribution in [3.8, 4) is 0 Å². The molecule has 22 heavy (non-hydrogen) atoms. The highest BCUT2D eigenvalue weighted by Crippen LogP contribution is 2.32. The monoisotopic (exact) mass is 334 g/mol. The molecule has 0 fully saturated rings. The summed E-state index contributed by atoms with van der Waals surface area (Å²) in [6, 6.07) is 11.4. The number of pyridine rings is 1. The summed E-state index contributed by atoms with van der Waals surface area (Å²) in [5, 5.41) is 17.1. The maximum Gasteiger partial charge on any atom is 0.134 e. The van der Waals surface area contributed by atoms with Gasteiger partial charge in [0.15, 0.2) is 0 Å². The molecule has 0 saturated heterocycles. The molecule has 5 heteroatoms. The fraction of sp³-hybridized carbons (Fsp3) is 0.235. The normalized spacial score (nSPS) is 12.7. The molecular formula is C17H16Cl2N2O. The van der Waals surface area contributed by atoms with E-state index in [-0.39, 0.29) is 12.6 Å². The zero-order chi connectivity index (χ0) is 15.7. The Morgan fingerprint density at radius 1 is 1.05 bits per heavy atom. The van der Waals surface area contributed by atoms with Crippen molar-refractivity contribution in [2.24, 2.45) is 0 Å². The van der Waals surface area contributed by atoms with Crippen LogP contribution in [0.5, 0.6) is 0 Å². The highest BCUT2D eigenvalue weighted by atomic mass is 35.5. The predicted octanol–water partition coefficient (Wildman–Crippen LogP) is 4.88. The Labute approximate surface area is 138 Å². The van der Waals surface area contributed by atoms with Gasteiger partial charge in [0.05, 0.1) is 18.2 Å². The van der Waals surface area contributed by atoms with E-state index in [4.69, 9.17) is 23.2 Å². The van der Waals surface area contributed by atoms with E-state index < -0.39 is 0 Å². The number of hydrogen-bond donors (Lipinski definition) is 2. The first-order valence-electron chi connectivity index (χ1n) is 7.18. The summed E-state index contributed by atoms with van der Waals surface area (Å²) in [7, 11) is 0. The predicted molar refractivity (Wildman–Crippen MR) is 94.1 cm³/mol. The van der Waals surface area contributed by atoms with Crippen LogP contribution in [-0.4, -0.2) is 22.7 Å². The number of hydrogen-bond acceptors (Lipinski definition) is 3. The van der Waals surface area contributed by atoms with Crippen LogP contribution in [0.3, 0.4) is 0 Å². The molecular weight excluding hydrogens is 319 g/mol. The van der Waals surface area contributed by atoms with Gasteiger partial charge in [-0.15, -0.1) is 0 Å². The molecule has 0 saturated carbocycles. The van der Waals surface area contributed by atoms with Gasteiger partial charge in [-0.1, -0.05) is 42.3 Å². The molecule has 1 unspecified atom stereocenters. The van der Waals surface area contributed by atoms with Gasteiger partial charge in [-0.2, -0.15) is 0 Å². The molecule has 1 atom stereocenters. The van der Waals surface area contributed by atoms with E-state index in [1.165, 1.54) is 0 Å². The number of fused-ring (bicyclic) bond motifs is 3. The van der Waals surface area contributed by atoms with Gasteiger partial charge in [-0.3, -0.25) is 0 Å². The number of aliphatic hydroxyl groups is 1. The smallest absolute Gasteiger partial charge is 0.134 e. The van der Waals surface area contributed by atoms with Crippen molar-refractivity contribution >= 4 is 50.7 Å². The first-order chi connectivity index (χ1) is 10.6. The molecule has 0 aliphatic rings. The van der Waals surface area contributed by atoms with Crippen molar-refractivity contribution in [3.05, 3.63) is 46.4 Å². The number of benzene rings is 2. The first-order valence-corrected chi connectivity index (χ1v) is 7.94. The summed E-state index contributed by atoms with van der Waals surface area (Å²) in [6.07, 6.45) is 0.799. The molecule has 0 aliphatic heterocycles. The van der Waals surface area contributed by atoms with E-state index in [1.54, 1.807) is 0 Å². The van der Waals surface area contributed by atoms with Crippen LogP contribution < -0.4 is 5.32 Å². The minimum absolute atomic E-state index is 0.0494. The molecule has 0 radical (unpaired) electrons. The Morgan fingerprint density at radius 2 is 1.73 bits per heavy atom. The van der Waals surface area contributed by atoms with Crippen LogP contribution in [0.15, 0.2) is 36.4 Å². The summed E-state index contributed by atoms with van der Waals surface area (Å²) < 4.78 is 0. The molecule has 3 nitrogen and oxygen atoms in total. The fourth-order valence-electron chi connectivity index (χ4n) is 2.53. The molecule has 2 aromatic carbocycles. The lowest BCUT2D eigenvalue weighted by molar-refractivity contribution is 0.271. The highest BCUT2D eigenvalue weighted by molar-refractivity contribution is 6.32. The molecule has 2 N–H and O–H groups in total. The second-order valence-corrected chi connectivity index (χ2v) is 6.12. The van der Waals surface area contributed by atoms with Crippen molar-refractivity contribution in [3.63, 3.8) is 0 Å². The van der Waals surface area contributed by atoms with Gasteiger partial charge in [0.1, 0.15) is 5.82 Å². The maximum absolute atomic E-state index is 9.43. The number of nitrogens with zero attached hydrogens (tertiary/aromatic N) is 1. The summed E-state index contributed by atoms with van der Waals surface area (Å²) in [5.74, 6) is 0.716. The minimum atomic E-state index is -0.0497. The zero-order valence-electron chi connectivity index (χ0n) is 12.1. The number of aromatic nitrogens is 1.